The number of hydrogen-bond acceptors (Lipinski definition) is 6. The Bertz CT molecular complexity index is 1060. The van der Waals surface area contributed by atoms with E-state index >= 15 is 0 Å². The van der Waals surface area contributed by atoms with Crippen LogP contribution in [0.2, 0.25) is 10.0 Å². The summed E-state index contributed by atoms with van der Waals surface area (Å²) in [5.41, 5.74) is 4.41. The molecule has 0 fully saturated rings. The van der Waals surface area contributed by atoms with Gasteiger partial charge in [-0.25, -0.2) is 9.59 Å². The molecule has 1 heterocycles. The Morgan fingerprint density at radius 2 is 1.81 bits per heavy atom. The standard InChI is InChI=1S/C20H24Cl2N4O5/c1-3-5-10-25(16-17(23)26(9-4-2)20(30)24-18(16)28)14(27)11-31-19(29)15-12(21)7-6-8-13(15)22/h6-8H,3-5,9-11,23H2,1-2H3,(H,24,28,30). The highest BCUT2D eigenvalue weighted by molar-refractivity contribution is 6.39. The molecule has 0 saturated carbocycles. The predicted octanol–water partition coefficient (Wildman–Crippen LogP) is 2.83. The van der Waals surface area contributed by atoms with Crippen molar-refractivity contribution >= 4 is 46.6 Å². The van der Waals surface area contributed by atoms with Crippen LogP contribution in [0.15, 0.2) is 27.8 Å². The molecule has 0 aliphatic rings. The lowest BCUT2D eigenvalue weighted by molar-refractivity contribution is -0.121. The zero-order valence-electron chi connectivity index (χ0n) is 17.2. The van der Waals surface area contributed by atoms with Crippen LogP contribution < -0.4 is 21.9 Å². The Morgan fingerprint density at radius 1 is 1.16 bits per heavy atom. The monoisotopic (exact) mass is 470 g/mol. The van der Waals surface area contributed by atoms with E-state index in [9.17, 15) is 19.2 Å². The van der Waals surface area contributed by atoms with Crippen LogP contribution in [-0.4, -0.2) is 34.6 Å². The Morgan fingerprint density at radius 3 is 2.39 bits per heavy atom. The number of nitrogens with one attached hydrogen (secondary N) is 1. The molecule has 0 bridgehead atoms. The number of carbonyl (C=O) groups excluding carboxylic acids is 2. The number of nitrogen functional groups attached to an aromatic ring is 1. The normalized spacial score (nSPS) is 10.7. The van der Waals surface area contributed by atoms with Crippen LogP contribution in [0.3, 0.4) is 0 Å². The average Bonchev–Trinajstić information content (AvgIpc) is 2.71. The second-order valence-corrected chi connectivity index (χ2v) is 7.53. The fourth-order valence-corrected chi connectivity index (χ4v) is 3.48. The number of benzene rings is 1. The van der Waals surface area contributed by atoms with Gasteiger partial charge in [-0.15, -0.1) is 0 Å². The van der Waals surface area contributed by atoms with Gasteiger partial charge < -0.3 is 15.4 Å². The third-order valence-electron chi connectivity index (χ3n) is 4.46. The number of esters is 1. The van der Waals surface area contributed by atoms with E-state index in [-0.39, 0.29) is 40.2 Å². The lowest BCUT2D eigenvalue weighted by atomic mass is 10.2. The van der Waals surface area contributed by atoms with Gasteiger partial charge in [0.1, 0.15) is 5.82 Å². The van der Waals surface area contributed by atoms with E-state index in [1.54, 1.807) is 6.07 Å². The Kier molecular flexibility index (Phi) is 8.70. The van der Waals surface area contributed by atoms with Crippen LogP contribution in [-0.2, 0) is 16.1 Å². The minimum Gasteiger partial charge on any atom is -0.452 e. The first kappa shape index (κ1) is 24.5. The molecule has 2 aromatic rings. The minimum atomic E-state index is -0.878. The summed E-state index contributed by atoms with van der Waals surface area (Å²) in [6, 6.07) is 4.51. The quantitative estimate of drug-likeness (QED) is 0.542. The lowest BCUT2D eigenvalue weighted by Gasteiger charge is -2.24. The first-order chi connectivity index (χ1) is 14.7. The number of rotatable bonds is 9. The van der Waals surface area contributed by atoms with Gasteiger partial charge in [-0.05, 0) is 25.0 Å². The van der Waals surface area contributed by atoms with Crippen LogP contribution in [0.5, 0.6) is 0 Å². The number of ether oxygens (including phenoxy) is 1. The molecule has 168 valence electrons. The second-order valence-electron chi connectivity index (χ2n) is 6.72. The minimum absolute atomic E-state index is 0.0624. The summed E-state index contributed by atoms with van der Waals surface area (Å²) in [4.78, 5) is 53.2. The molecule has 0 radical (unpaired) electrons. The molecule has 1 amide bonds. The van der Waals surface area contributed by atoms with Crippen LogP contribution in [0, 0.1) is 0 Å². The largest absolute Gasteiger partial charge is 0.452 e. The molecule has 11 heteroatoms. The van der Waals surface area contributed by atoms with E-state index in [0.29, 0.717) is 12.8 Å². The maximum Gasteiger partial charge on any atom is 0.341 e. The number of halogens is 2. The summed E-state index contributed by atoms with van der Waals surface area (Å²) < 4.78 is 6.29. The van der Waals surface area contributed by atoms with Gasteiger partial charge in [-0.2, -0.15) is 0 Å². The van der Waals surface area contributed by atoms with E-state index in [0.717, 1.165) is 11.3 Å². The number of anilines is 2. The molecule has 0 aliphatic heterocycles. The summed E-state index contributed by atoms with van der Waals surface area (Å²) in [6.45, 7) is 3.50. The highest BCUT2D eigenvalue weighted by atomic mass is 35.5. The molecule has 3 N–H and O–H groups in total. The van der Waals surface area contributed by atoms with E-state index < -0.39 is 29.7 Å². The zero-order chi connectivity index (χ0) is 23.1. The van der Waals surface area contributed by atoms with Crippen LogP contribution in [0.4, 0.5) is 11.5 Å². The maximum absolute atomic E-state index is 12.9. The van der Waals surface area contributed by atoms with Crippen molar-refractivity contribution in [3.05, 3.63) is 54.6 Å². The summed E-state index contributed by atoms with van der Waals surface area (Å²) in [7, 11) is 0. The van der Waals surface area contributed by atoms with E-state index in [1.165, 1.54) is 16.7 Å². The molecule has 1 aromatic carbocycles. The molecule has 0 aliphatic carbocycles. The third kappa shape index (κ3) is 5.68. The lowest BCUT2D eigenvalue weighted by Crippen LogP contribution is -2.43. The molecule has 0 atom stereocenters. The van der Waals surface area contributed by atoms with Gasteiger partial charge >= 0.3 is 11.7 Å². The molecule has 31 heavy (non-hydrogen) atoms. The number of nitrogens with two attached hydrogens (primary N) is 1. The molecule has 2 rings (SSSR count). The molecular formula is C20H24Cl2N4O5. The number of carbonyl (C=O) groups is 2. The molecule has 0 spiro atoms. The molecule has 0 unspecified atom stereocenters. The number of unbranched alkanes of at least 4 members (excludes halogenated alkanes) is 1. The highest BCUT2D eigenvalue weighted by Gasteiger charge is 2.25. The van der Waals surface area contributed by atoms with Crippen molar-refractivity contribution in [2.24, 2.45) is 0 Å². The van der Waals surface area contributed by atoms with Gasteiger partial charge in [0.15, 0.2) is 12.3 Å². The van der Waals surface area contributed by atoms with Crippen LogP contribution in [0.1, 0.15) is 43.5 Å². The van der Waals surface area contributed by atoms with E-state index in [1.807, 2.05) is 13.8 Å². The van der Waals surface area contributed by atoms with Gasteiger partial charge in [-0.1, -0.05) is 49.5 Å². The van der Waals surface area contributed by atoms with E-state index in [2.05, 4.69) is 4.98 Å². The molecular weight excluding hydrogens is 447 g/mol. The Labute approximate surface area is 188 Å². The van der Waals surface area contributed by atoms with Crippen molar-refractivity contribution in [1.29, 1.82) is 0 Å². The highest BCUT2D eigenvalue weighted by Crippen LogP contribution is 2.25. The smallest absolute Gasteiger partial charge is 0.341 e. The fourth-order valence-electron chi connectivity index (χ4n) is 2.93. The topological polar surface area (TPSA) is 127 Å². The SMILES string of the molecule is CCCCN(C(=O)COC(=O)c1c(Cl)cccc1Cl)c1c(N)n(CCC)c(=O)[nH]c1=O. The predicted molar refractivity (Wildman–Crippen MR) is 120 cm³/mol. The Balaban J connectivity index is 2.34. The average molecular weight is 471 g/mol. The van der Waals surface area contributed by atoms with Gasteiger partial charge in [0.25, 0.3) is 11.5 Å². The third-order valence-corrected chi connectivity index (χ3v) is 5.09. The Hall–Kier alpha value is -2.78. The van der Waals surface area contributed by atoms with Crippen molar-refractivity contribution in [2.45, 2.75) is 39.7 Å². The number of hydrogen-bond donors (Lipinski definition) is 2. The number of aromatic nitrogens is 2. The van der Waals surface area contributed by atoms with Gasteiger partial charge in [0.05, 0.1) is 15.6 Å². The van der Waals surface area contributed by atoms with Crippen molar-refractivity contribution in [3.63, 3.8) is 0 Å². The summed E-state index contributed by atoms with van der Waals surface area (Å²) in [5.74, 6) is -1.68. The number of aromatic amines is 1. The summed E-state index contributed by atoms with van der Waals surface area (Å²) in [5, 5.41) is 0.167. The number of amides is 1. The first-order valence-electron chi connectivity index (χ1n) is 9.76. The maximum atomic E-state index is 12.9. The second kappa shape index (κ2) is 11.0. The van der Waals surface area contributed by atoms with Gasteiger partial charge in [0, 0.05) is 13.1 Å². The number of H-pyrrole nitrogens is 1. The van der Waals surface area contributed by atoms with Gasteiger partial charge in [0.2, 0.25) is 0 Å². The van der Waals surface area contributed by atoms with Gasteiger partial charge in [-0.3, -0.25) is 19.1 Å². The van der Waals surface area contributed by atoms with Crippen molar-refractivity contribution in [2.75, 3.05) is 23.8 Å². The summed E-state index contributed by atoms with van der Waals surface area (Å²) >= 11 is 12.0. The zero-order valence-corrected chi connectivity index (χ0v) is 18.8. The number of nitrogens with zero attached hydrogens (tertiary/aromatic N) is 2. The molecule has 0 saturated heterocycles. The van der Waals surface area contributed by atoms with Crippen molar-refractivity contribution in [3.8, 4) is 0 Å². The van der Waals surface area contributed by atoms with Crippen molar-refractivity contribution in [1.82, 2.24) is 9.55 Å². The van der Waals surface area contributed by atoms with Crippen LogP contribution >= 0.6 is 23.2 Å². The molecule has 9 nitrogen and oxygen atoms in total. The first-order valence-corrected chi connectivity index (χ1v) is 10.5. The molecule has 1 aromatic heterocycles. The van der Waals surface area contributed by atoms with Crippen molar-refractivity contribution < 1.29 is 14.3 Å². The fraction of sp³-hybridized carbons (Fsp3) is 0.400. The van der Waals surface area contributed by atoms with Crippen LogP contribution in [0.25, 0.3) is 0 Å². The summed E-state index contributed by atoms with van der Waals surface area (Å²) in [6.07, 6.45) is 1.88. The van der Waals surface area contributed by atoms with E-state index in [4.69, 9.17) is 33.7 Å².